The van der Waals surface area contributed by atoms with Crippen LogP contribution < -0.4 is 0 Å². The van der Waals surface area contributed by atoms with Crippen molar-refractivity contribution in [3.05, 3.63) is 54.0 Å². The predicted octanol–water partition coefficient (Wildman–Crippen LogP) is 4.24. The van der Waals surface area contributed by atoms with E-state index < -0.39 is 11.7 Å². The van der Waals surface area contributed by atoms with Gasteiger partial charge >= 0.3 is 5.97 Å². The van der Waals surface area contributed by atoms with Gasteiger partial charge in [0, 0.05) is 32.4 Å². The minimum Gasteiger partial charge on any atom is -0.458 e. The maximum Gasteiger partial charge on any atom is 0.303 e. The molecule has 0 spiro atoms. The third-order valence-corrected chi connectivity index (χ3v) is 6.95. The smallest absolute Gasteiger partial charge is 0.303 e. The van der Waals surface area contributed by atoms with Crippen molar-refractivity contribution in [1.82, 2.24) is 4.90 Å². The number of carbonyl (C=O) groups is 1. The highest BCUT2D eigenvalue weighted by molar-refractivity contribution is 5.66. The molecule has 1 radical (unpaired) electrons. The van der Waals surface area contributed by atoms with Crippen molar-refractivity contribution in [2.24, 2.45) is 23.7 Å². The number of esters is 1. The van der Waals surface area contributed by atoms with E-state index in [9.17, 15) is 9.90 Å². The van der Waals surface area contributed by atoms with E-state index in [1.54, 1.807) is 0 Å². The van der Waals surface area contributed by atoms with Crippen LogP contribution in [-0.4, -0.2) is 41.3 Å². The minimum absolute atomic E-state index is 0.0678. The second-order valence-electron chi connectivity index (χ2n) is 9.32. The molecular weight excluding hydrogens is 362 g/mol. The van der Waals surface area contributed by atoms with Gasteiger partial charge in [-0.3, -0.25) is 4.79 Å². The summed E-state index contributed by atoms with van der Waals surface area (Å²) in [5.41, 5.74) is 1.43. The normalized spacial score (nSPS) is 33.0. The fraction of sp³-hybridized carbons (Fsp3) is 0.600. The summed E-state index contributed by atoms with van der Waals surface area (Å²) < 4.78 is 5.46. The molecule has 0 aromatic heterocycles. The number of nitrogens with zero attached hydrogens (tertiary/aromatic N) is 1. The summed E-state index contributed by atoms with van der Waals surface area (Å²) in [5, 5.41) is 11.6. The van der Waals surface area contributed by atoms with Gasteiger partial charge in [0.15, 0.2) is 0 Å². The monoisotopic (exact) mass is 398 g/mol. The second-order valence-corrected chi connectivity index (χ2v) is 9.32. The third kappa shape index (κ3) is 4.92. The van der Waals surface area contributed by atoms with E-state index in [-0.39, 0.29) is 17.8 Å². The lowest BCUT2D eigenvalue weighted by Gasteiger charge is -2.53. The molecule has 0 aliphatic heterocycles. The summed E-state index contributed by atoms with van der Waals surface area (Å²) >= 11 is 0. The molecule has 0 bridgehead atoms. The molecule has 2 aliphatic rings. The van der Waals surface area contributed by atoms with Crippen LogP contribution in [0.15, 0.2) is 42.0 Å². The molecule has 159 valence electrons. The van der Waals surface area contributed by atoms with E-state index in [0.717, 1.165) is 31.5 Å². The quantitative estimate of drug-likeness (QED) is 0.575. The van der Waals surface area contributed by atoms with Crippen LogP contribution in [0.2, 0.25) is 0 Å². The van der Waals surface area contributed by atoms with Crippen molar-refractivity contribution in [3.63, 3.8) is 0 Å². The lowest BCUT2D eigenvalue weighted by Crippen LogP contribution is -2.56. The van der Waals surface area contributed by atoms with E-state index >= 15 is 0 Å². The van der Waals surface area contributed by atoms with Gasteiger partial charge in [-0.15, -0.1) is 0 Å². The molecule has 6 atom stereocenters. The number of rotatable bonds is 6. The number of carbonyl (C=O) groups excluding carboxylic acids is 1. The summed E-state index contributed by atoms with van der Waals surface area (Å²) in [7, 11) is 2.17. The summed E-state index contributed by atoms with van der Waals surface area (Å²) in [6.07, 6.45) is 5.75. The fourth-order valence-electron chi connectivity index (χ4n) is 5.34. The van der Waals surface area contributed by atoms with Crippen LogP contribution in [-0.2, 0) is 16.1 Å². The Balaban J connectivity index is 1.73. The van der Waals surface area contributed by atoms with Crippen molar-refractivity contribution >= 4 is 5.97 Å². The molecule has 1 aromatic rings. The number of hydrogen-bond donors (Lipinski definition) is 1. The van der Waals surface area contributed by atoms with E-state index in [1.165, 1.54) is 12.5 Å². The van der Waals surface area contributed by atoms with E-state index in [4.69, 9.17) is 4.74 Å². The lowest BCUT2D eigenvalue weighted by molar-refractivity contribution is -0.148. The highest BCUT2D eigenvalue weighted by Crippen LogP contribution is 2.50. The first-order valence-corrected chi connectivity index (χ1v) is 10.9. The van der Waals surface area contributed by atoms with Crippen molar-refractivity contribution in [2.75, 3.05) is 13.6 Å². The van der Waals surface area contributed by atoms with E-state index in [2.05, 4.69) is 56.1 Å². The van der Waals surface area contributed by atoms with Gasteiger partial charge in [-0.1, -0.05) is 50.3 Å². The van der Waals surface area contributed by atoms with Crippen molar-refractivity contribution in [2.45, 2.75) is 58.8 Å². The van der Waals surface area contributed by atoms with Crippen LogP contribution in [0.4, 0.5) is 0 Å². The molecule has 1 N–H and O–H groups in total. The molecule has 0 heterocycles. The van der Waals surface area contributed by atoms with Gasteiger partial charge in [0.1, 0.15) is 6.10 Å². The lowest BCUT2D eigenvalue weighted by atomic mass is 9.57. The Morgan fingerprint density at radius 1 is 1.31 bits per heavy atom. The molecular formula is C25H36NO3. The molecule has 0 saturated heterocycles. The van der Waals surface area contributed by atoms with Crippen molar-refractivity contribution < 1.29 is 14.6 Å². The van der Waals surface area contributed by atoms with Crippen LogP contribution >= 0.6 is 0 Å². The number of benzene rings is 1. The Morgan fingerprint density at radius 3 is 2.66 bits per heavy atom. The Kier molecular flexibility index (Phi) is 6.85. The van der Waals surface area contributed by atoms with Gasteiger partial charge in [0.05, 0.1) is 5.60 Å². The van der Waals surface area contributed by atoms with Gasteiger partial charge in [-0.2, -0.15) is 0 Å². The molecule has 0 amide bonds. The first-order chi connectivity index (χ1) is 13.7. The molecule has 29 heavy (non-hydrogen) atoms. The second kappa shape index (κ2) is 9.01. The number of fused-ring (bicyclic) bond motifs is 1. The average Bonchev–Trinajstić information content (AvgIpc) is 2.64. The largest absolute Gasteiger partial charge is 0.458 e. The Bertz CT molecular complexity index is 731. The van der Waals surface area contributed by atoms with Gasteiger partial charge in [0.25, 0.3) is 0 Å². The zero-order valence-corrected chi connectivity index (χ0v) is 18.5. The van der Waals surface area contributed by atoms with Crippen molar-refractivity contribution in [1.29, 1.82) is 0 Å². The number of ether oxygens (including phenoxy) is 1. The third-order valence-electron chi connectivity index (χ3n) is 6.95. The molecule has 1 saturated carbocycles. The van der Waals surface area contributed by atoms with E-state index in [1.807, 2.05) is 19.4 Å². The topological polar surface area (TPSA) is 49.8 Å². The molecule has 1 unspecified atom stereocenters. The van der Waals surface area contributed by atoms with Crippen LogP contribution in [0, 0.1) is 30.1 Å². The molecule has 4 nitrogen and oxygen atoms in total. The van der Waals surface area contributed by atoms with Crippen molar-refractivity contribution in [3.8, 4) is 0 Å². The fourth-order valence-corrected chi connectivity index (χ4v) is 5.34. The minimum atomic E-state index is -0.922. The highest BCUT2D eigenvalue weighted by Gasteiger charge is 2.53. The van der Waals surface area contributed by atoms with Gasteiger partial charge in [-0.05, 0) is 55.7 Å². The summed E-state index contributed by atoms with van der Waals surface area (Å²) in [6.45, 7) is 9.77. The zero-order valence-electron chi connectivity index (χ0n) is 18.5. The maximum atomic E-state index is 11.6. The molecule has 3 rings (SSSR count). The average molecular weight is 399 g/mol. The predicted molar refractivity (Wildman–Crippen MR) is 116 cm³/mol. The Labute approximate surface area is 175 Å². The summed E-state index contributed by atoms with van der Waals surface area (Å²) in [4.78, 5) is 13.9. The van der Waals surface area contributed by atoms with E-state index in [0.29, 0.717) is 11.8 Å². The maximum absolute atomic E-state index is 11.6. The highest BCUT2D eigenvalue weighted by atomic mass is 16.5. The summed E-state index contributed by atoms with van der Waals surface area (Å²) in [5.74, 6) is 0.768. The molecule has 1 fully saturated rings. The van der Waals surface area contributed by atoms with Crippen LogP contribution in [0.1, 0.15) is 46.1 Å². The Hall–Kier alpha value is -1.65. The SMILES string of the molecule is CC(=O)O[C@@H]1[CH][C@@]2(O)[C@H](C)CC[C@@H](C(C)CN(C)Cc3ccccc3)[C@H]2C=C1C. The first-order valence-electron chi connectivity index (χ1n) is 10.9. The zero-order chi connectivity index (χ0) is 21.2. The Morgan fingerprint density at radius 2 is 2.00 bits per heavy atom. The molecule has 1 aromatic carbocycles. The van der Waals surface area contributed by atoms with Crippen LogP contribution in [0.3, 0.4) is 0 Å². The van der Waals surface area contributed by atoms with Gasteiger partial charge < -0.3 is 14.7 Å². The first kappa shape index (κ1) is 22.0. The number of hydrogen-bond acceptors (Lipinski definition) is 4. The van der Waals surface area contributed by atoms with Gasteiger partial charge in [-0.25, -0.2) is 0 Å². The van der Waals surface area contributed by atoms with Gasteiger partial charge in [0.2, 0.25) is 0 Å². The number of aliphatic hydroxyl groups is 1. The summed E-state index contributed by atoms with van der Waals surface area (Å²) in [6, 6.07) is 10.5. The standard InChI is InChI=1S/C25H36NO3/c1-17-13-23-22(18(2)15-26(5)16-21-9-7-6-8-10-21)12-11-19(3)25(23,28)14-24(17)29-20(4)27/h6-10,13-14,18-19,22-24,28H,11-12,15-16H2,1-5H3/t18?,19-,22+,23-,24-,25-/m1/s1. The van der Waals surface area contributed by atoms with Crippen LogP contribution in [0.5, 0.6) is 0 Å². The molecule has 2 aliphatic carbocycles. The van der Waals surface area contributed by atoms with Crippen LogP contribution in [0.25, 0.3) is 0 Å². The molecule has 4 heteroatoms.